The molecule has 0 saturated heterocycles. The van der Waals surface area contributed by atoms with Crippen LogP contribution in [0.15, 0.2) is 24.5 Å². The van der Waals surface area contributed by atoms with E-state index in [0.29, 0.717) is 35.7 Å². The molecule has 0 radical (unpaired) electrons. The number of hydrogen-bond acceptors (Lipinski definition) is 5. The standard InChI is InChI=1S/C12H16N6O/c1-18-7-16-11(17-18)4-5-15-12(19)9-3-2-8(13)6-10(9)14/h2-3,6-7H,4-5,13-14H2,1H3,(H,15,19). The molecule has 0 unspecified atom stereocenters. The van der Waals surface area contributed by atoms with Crippen LogP contribution in [0.3, 0.4) is 0 Å². The van der Waals surface area contributed by atoms with E-state index >= 15 is 0 Å². The summed E-state index contributed by atoms with van der Waals surface area (Å²) in [6, 6.07) is 4.82. The van der Waals surface area contributed by atoms with Gasteiger partial charge in [0.1, 0.15) is 6.33 Å². The molecule has 0 fully saturated rings. The first-order valence-corrected chi connectivity index (χ1v) is 5.84. The average molecular weight is 260 g/mol. The molecular formula is C12H16N6O. The maximum Gasteiger partial charge on any atom is 0.253 e. The Labute approximate surface area is 110 Å². The van der Waals surface area contributed by atoms with Crippen LogP contribution < -0.4 is 16.8 Å². The Morgan fingerprint density at radius 3 is 2.84 bits per heavy atom. The zero-order valence-electron chi connectivity index (χ0n) is 10.6. The largest absolute Gasteiger partial charge is 0.399 e. The van der Waals surface area contributed by atoms with Gasteiger partial charge >= 0.3 is 0 Å². The predicted molar refractivity (Wildman–Crippen MR) is 72.3 cm³/mol. The van der Waals surface area contributed by atoms with Gasteiger partial charge in [-0.05, 0) is 18.2 Å². The van der Waals surface area contributed by atoms with E-state index < -0.39 is 0 Å². The minimum atomic E-state index is -0.228. The molecule has 5 N–H and O–H groups in total. The van der Waals surface area contributed by atoms with E-state index in [1.807, 2.05) is 0 Å². The van der Waals surface area contributed by atoms with E-state index in [1.165, 1.54) is 0 Å². The number of amides is 1. The fourth-order valence-corrected chi connectivity index (χ4v) is 1.67. The zero-order valence-corrected chi connectivity index (χ0v) is 10.6. The quantitative estimate of drug-likeness (QED) is 0.667. The van der Waals surface area contributed by atoms with E-state index in [4.69, 9.17) is 11.5 Å². The summed E-state index contributed by atoms with van der Waals surface area (Å²) in [5.41, 5.74) is 12.6. The van der Waals surface area contributed by atoms with Crippen LogP contribution in [0, 0.1) is 0 Å². The number of anilines is 2. The van der Waals surface area contributed by atoms with Gasteiger partial charge in [-0.2, -0.15) is 5.10 Å². The van der Waals surface area contributed by atoms with Crippen molar-refractivity contribution in [3.05, 3.63) is 35.9 Å². The van der Waals surface area contributed by atoms with Crippen LogP contribution in [0.1, 0.15) is 16.2 Å². The Hall–Kier alpha value is -2.57. The van der Waals surface area contributed by atoms with Crippen molar-refractivity contribution in [1.29, 1.82) is 0 Å². The van der Waals surface area contributed by atoms with Crippen molar-refractivity contribution < 1.29 is 4.79 Å². The third-order valence-corrected chi connectivity index (χ3v) is 2.60. The van der Waals surface area contributed by atoms with Crippen LogP contribution in [0.4, 0.5) is 11.4 Å². The van der Waals surface area contributed by atoms with Crippen molar-refractivity contribution in [1.82, 2.24) is 20.1 Å². The molecule has 1 amide bonds. The summed E-state index contributed by atoms with van der Waals surface area (Å²) in [5, 5.41) is 6.89. The minimum Gasteiger partial charge on any atom is -0.399 e. The van der Waals surface area contributed by atoms with Gasteiger partial charge in [0.25, 0.3) is 5.91 Å². The molecule has 7 nitrogen and oxygen atoms in total. The van der Waals surface area contributed by atoms with Crippen molar-refractivity contribution in [2.75, 3.05) is 18.0 Å². The van der Waals surface area contributed by atoms with Crippen LogP contribution in [0.2, 0.25) is 0 Å². The van der Waals surface area contributed by atoms with E-state index in [0.717, 1.165) is 0 Å². The molecule has 0 aliphatic carbocycles. The van der Waals surface area contributed by atoms with Crippen molar-refractivity contribution in [2.45, 2.75) is 6.42 Å². The highest BCUT2D eigenvalue weighted by Gasteiger charge is 2.09. The van der Waals surface area contributed by atoms with Crippen LogP contribution in [-0.4, -0.2) is 27.2 Å². The fourth-order valence-electron chi connectivity index (χ4n) is 1.67. The third-order valence-electron chi connectivity index (χ3n) is 2.60. The topological polar surface area (TPSA) is 112 Å². The molecule has 0 bridgehead atoms. The van der Waals surface area contributed by atoms with E-state index in [2.05, 4.69) is 15.4 Å². The lowest BCUT2D eigenvalue weighted by atomic mass is 10.1. The second-order valence-corrected chi connectivity index (χ2v) is 4.19. The van der Waals surface area contributed by atoms with Gasteiger partial charge in [0.05, 0.1) is 5.56 Å². The smallest absolute Gasteiger partial charge is 0.253 e. The molecule has 0 aliphatic rings. The molecule has 0 saturated carbocycles. The summed E-state index contributed by atoms with van der Waals surface area (Å²) < 4.78 is 1.62. The molecule has 2 rings (SSSR count). The first kappa shape index (κ1) is 12.9. The summed E-state index contributed by atoms with van der Waals surface area (Å²) in [4.78, 5) is 16.0. The maximum absolute atomic E-state index is 11.9. The first-order chi connectivity index (χ1) is 9.06. The highest BCUT2D eigenvalue weighted by atomic mass is 16.1. The van der Waals surface area contributed by atoms with Gasteiger partial charge < -0.3 is 16.8 Å². The molecule has 1 aromatic heterocycles. The van der Waals surface area contributed by atoms with Gasteiger partial charge in [-0.1, -0.05) is 0 Å². The molecule has 0 atom stereocenters. The van der Waals surface area contributed by atoms with Gasteiger partial charge in [-0.3, -0.25) is 9.48 Å². The van der Waals surface area contributed by atoms with Crippen molar-refractivity contribution >= 4 is 17.3 Å². The van der Waals surface area contributed by atoms with Gasteiger partial charge in [0.2, 0.25) is 0 Å². The SMILES string of the molecule is Cn1cnc(CCNC(=O)c2ccc(N)cc2N)n1. The van der Waals surface area contributed by atoms with Crippen LogP contribution in [0.25, 0.3) is 0 Å². The molecule has 0 aliphatic heterocycles. The van der Waals surface area contributed by atoms with Crippen molar-refractivity contribution in [3.63, 3.8) is 0 Å². The minimum absolute atomic E-state index is 0.228. The molecular weight excluding hydrogens is 244 g/mol. The third kappa shape index (κ3) is 3.21. The molecule has 1 aromatic carbocycles. The lowest BCUT2D eigenvalue weighted by Gasteiger charge is -2.07. The number of nitrogens with zero attached hydrogens (tertiary/aromatic N) is 3. The Bertz CT molecular complexity index is 592. The highest BCUT2D eigenvalue weighted by Crippen LogP contribution is 2.15. The Morgan fingerprint density at radius 1 is 1.42 bits per heavy atom. The molecule has 100 valence electrons. The summed E-state index contributed by atoms with van der Waals surface area (Å²) in [5.74, 6) is 0.460. The number of aromatic nitrogens is 3. The van der Waals surface area contributed by atoms with Crippen LogP contribution in [0.5, 0.6) is 0 Å². The van der Waals surface area contributed by atoms with Gasteiger partial charge in [-0.15, -0.1) is 0 Å². The lowest BCUT2D eigenvalue weighted by molar-refractivity contribution is 0.0955. The summed E-state index contributed by atoms with van der Waals surface area (Å²) in [7, 11) is 1.80. The fraction of sp³-hybridized carbons (Fsp3) is 0.250. The number of nitrogens with two attached hydrogens (primary N) is 2. The van der Waals surface area contributed by atoms with Crippen LogP contribution >= 0.6 is 0 Å². The second kappa shape index (κ2) is 5.38. The van der Waals surface area contributed by atoms with Gasteiger partial charge in [0, 0.05) is 31.4 Å². The summed E-state index contributed by atoms with van der Waals surface area (Å²) in [6.07, 6.45) is 2.19. The summed E-state index contributed by atoms with van der Waals surface area (Å²) in [6.45, 7) is 0.451. The average Bonchev–Trinajstić information content (AvgIpc) is 2.75. The number of nitrogens with one attached hydrogen (secondary N) is 1. The van der Waals surface area contributed by atoms with E-state index in [-0.39, 0.29) is 5.91 Å². The first-order valence-electron chi connectivity index (χ1n) is 5.84. The molecule has 19 heavy (non-hydrogen) atoms. The monoisotopic (exact) mass is 260 g/mol. The Morgan fingerprint density at radius 2 is 2.21 bits per heavy atom. The Balaban J connectivity index is 1.90. The lowest BCUT2D eigenvalue weighted by Crippen LogP contribution is -2.26. The molecule has 1 heterocycles. The zero-order chi connectivity index (χ0) is 13.8. The second-order valence-electron chi connectivity index (χ2n) is 4.19. The number of hydrogen-bond donors (Lipinski definition) is 3. The number of carbonyl (C=O) groups is 1. The van der Waals surface area contributed by atoms with Crippen LogP contribution in [-0.2, 0) is 13.5 Å². The molecule has 7 heteroatoms. The van der Waals surface area contributed by atoms with E-state index in [9.17, 15) is 4.79 Å². The predicted octanol–water partition coefficient (Wildman–Crippen LogP) is -0.0480. The normalized spacial score (nSPS) is 10.4. The van der Waals surface area contributed by atoms with E-state index in [1.54, 1.807) is 36.3 Å². The number of nitrogen functional groups attached to an aromatic ring is 2. The van der Waals surface area contributed by atoms with Crippen molar-refractivity contribution in [3.8, 4) is 0 Å². The highest BCUT2D eigenvalue weighted by molar-refractivity contribution is 5.99. The van der Waals surface area contributed by atoms with Gasteiger partial charge in [-0.25, -0.2) is 4.98 Å². The van der Waals surface area contributed by atoms with Gasteiger partial charge in [0.15, 0.2) is 5.82 Å². The number of benzene rings is 1. The molecule has 2 aromatic rings. The summed E-state index contributed by atoms with van der Waals surface area (Å²) >= 11 is 0. The number of aryl methyl sites for hydroxylation is 1. The number of rotatable bonds is 4. The molecule has 0 spiro atoms. The maximum atomic E-state index is 11.9. The number of carbonyl (C=O) groups excluding carboxylic acids is 1. The van der Waals surface area contributed by atoms with Crippen molar-refractivity contribution in [2.24, 2.45) is 7.05 Å². The Kier molecular flexibility index (Phi) is 3.65.